The minimum Gasteiger partial charge on any atom is -0.386 e. The minimum absolute atomic E-state index is 0.0418. The first kappa shape index (κ1) is 17.4. The summed E-state index contributed by atoms with van der Waals surface area (Å²) in [4.78, 5) is 4.98. The van der Waals surface area contributed by atoms with E-state index in [0.29, 0.717) is 5.92 Å². The molecule has 1 aromatic carbocycles. The molecule has 28 heavy (non-hydrogen) atoms. The van der Waals surface area contributed by atoms with E-state index in [0.717, 1.165) is 45.5 Å². The lowest BCUT2D eigenvalue weighted by atomic mass is 9.94. The second-order valence-corrected chi connectivity index (χ2v) is 8.55. The highest BCUT2D eigenvalue weighted by Gasteiger charge is 2.31. The molecule has 1 fully saturated rings. The summed E-state index contributed by atoms with van der Waals surface area (Å²) in [6.07, 6.45) is 2.43. The van der Waals surface area contributed by atoms with Crippen molar-refractivity contribution >= 4 is 5.69 Å². The van der Waals surface area contributed by atoms with Crippen LogP contribution < -0.4 is 5.32 Å². The first-order valence-electron chi connectivity index (χ1n) is 9.90. The van der Waals surface area contributed by atoms with Gasteiger partial charge in [-0.2, -0.15) is 0 Å². The number of nitrogens with zero attached hydrogens (tertiary/aromatic N) is 4. The molecule has 6 nitrogen and oxygen atoms in total. The number of aromatic nitrogens is 4. The molecule has 144 valence electrons. The Balaban J connectivity index is 1.72. The number of hydrogen-bond donors (Lipinski definition) is 2. The SMILES string of the molecule is Cc1ccc(C(C)(C)O)cc1-c1nnc2n1-c1nc(C3CC3)ccc1NC2C. The number of hydrogen-bond acceptors (Lipinski definition) is 5. The normalized spacial score (nSPS) is 18.4. The number of aliphatic hydroxyl groups is 1. The third-order valence-electron chi connectivity index (χ3n) is 5.74. The molecule has 0 saturated heterocycles. The minimum atomic E-state index is -0.919. The van der Waals surface area contributed by atoms with Crippen molar-refractivity contribution in [1.82, 2.24) is 19.7 Å². The number of anilines is 1. The predicted octanol–water partition coefficient (Wildman–Crippen LogP) is 4.23. The highest BCUT2D eigenvalue weighted by Crippen LogP contribution is 2.42. The summed E-state index contributed by atoms with van der Waals surface area (Å²) < 4.78 is 2.08. The zero-order chi connectivity index (χ0) is 19.6. The number of pyridine rings is 1. The fourth-order valence-electron chi connectivity index (χ4n) is 3.85. The third kappa shape index (κ3) is 2.71. The number of aryl methyl sites for hydroxylation is 1. The van der Waals surface area contributed by atoms with Crippen LogP contribution in [0.4, 0.5) is 5.69 Å². The Hall–Kier alpha value is -2.73. The zero-order valence-electron chi connectivity index (χ0n) is 16.7. The standard InChI is InChI=1S/C22H25N5O/c1-12-5-8-15(22(3,4)28)11-16(12)20-26-25-19-13(2)23-18-10-9-17(14-6-7-14)24-21(18)27(19)20/h5,8-11,13-14,23,28H,6-7H2,1-4H3. The van der Waals surface area contributed by atoms with Gasteiger partial charge < -0.3 is 10.4 Å². The van der Waals surface area contributed by atoms with Crippen molar-refractivity contribution in [3.05, 3.63) is 53.0 Å². The first-order valence-corrected chi connectivity index (χ1v) is 9.90. The van der Waals surface area contributed by atoms with E-state index in [1.165, 1.54) is 12.8 Å². The van der Waals surface area contributed by atoms with Crippen molar-refractivity contribution in [3.63, 3.8) is 0 Å². The lowest BCUT2D eigenvalue weighted by Crippen LogP contribution is -2.22. The highest BCUT2D eigenvalue weighted by molar-refractivity contribution is 5.69. The van der Waals surface area contributed by atoms with Gasteiger partial charge in [-0.1, -0.05) is 12.1 Å². The van der Waals surface area contributed by atoms with Crippen LogP contribution >= 0.6 is 0 Å². The molecule has 0 bridgehead atoms. The number of rotatable bonds is 3. The lowest BCUT2D eigenvalue weighted by molar-refractivity contribution is 0.0786. The van der Waals surface area contributed by atoms with Crippen LogP contribution in [0.3, 0.4) is 0 Å². The summed E-state index contributed by atoms with van der Waals surface area (Å²) in [7, 11) is 0. The molecule has 2 aromatic heterocycles. The van der Waals surface area contributed by atoms with E-state index in [1.807, 2.05) is 18.2 Å². The second-order valence-electron chi connectivity index (χ2n) is 8.55. The molecule has 1 atom stereocenters. The van der Waals surface area contributed by atoms with Crippen LogP contribution in [0, 0.1) is 6.92 Å². The molecular weight excluding hydrogens is 350 g/mol. The van der Waals surface area contributed by atoms with E-state index in [-0.39, 0.29) is 6.04 Å². The van der Waals surface area contributed by atoms with Crippen LogP contribution in [-0.2, 0) is 5.60 Å². The molecule has 0 spiro atoms. The Morgan fingerprint density at radius 3 is 2.64 bits per heavy atom. The van der Waals surface area contributed by atoms with Gasteiger partial charge in [-0.15, -0.1) is 10.2 Å². The van der Waals surface area contributed by atoms with Gasteiger partial charge in [0.15, 0.2) is 17.5 Å². The Labute approximate surface area is 164 Å². The highest BCUT2D eigenvalue weighted by atomic mass is 16.3. The van der Waals surface area contributed by atoms with Gasteiger partial charge in [0, 0.05) is 17.2 Å². The van der Waals surface area contributed by atoms with Gasteiger partial charge in [-0.05, 0) is 69.9 Å². The quantitative estimate of drug-likeness (QED) is 0.716. The molecular formula is C22H25N5O. The van der Waals surface area contributed by atoms with Crippen molar-refractivity contribution in [1.29, 1.82) is 0 Å². The van der Waals surface area contributed by atoms with Gasteiger partial charge in [0.05, 0.1) is 17.3 Å². The molecule has 1 saturated carbocycles. The van der Waals surface area contributed by atoms with Gasteiger partial charge in [-0.3, -0.25) is 4.57 Å². The van der Waals surface area contributed by atoms with E-state index >= 15 is 0 Å². The largest absolute Gasteiger partial charge is 0.386 e. The average Bonchev–Trinajstić information content (AvgIpc) is 3.39. The van der Waals surface area contributed by atoms with Crippen LogP contribution in [0.5, 0.6) is 0 Å². The third-order valence-corrected chi connectivity index (χ3v) is 5.74. The summed E-state index contributed by atoms with van der Waals surface area (Å²) in [5.41, 5.74) is 4.14. The number of fused-ring (bicyclic) bond motifs is 3. The second kappa shape index (κ2) is 5.88. The topological polar surface area (TPSA) is 75.9 Å². The van der Waals surface area contributed by atoms with Gasteiger partial charge in [-0.25, -0.2) is 4.98 Å². The van der Waals surface area contributed by atoms with E-state index in [9.17, 15) is 5.11 Å². The summed E-state index contributed by atoms with van der Waals surface area (Å²) >= 11 is 0. The van der Waals surface area contributed by atoms with Crippen molar-refractivity contribution in [2.75, 3.05) is 5.32 Å². The maximum Gasteiger partial charge on any atom is 0.170 e. The Morgan fingerprint density at radius 1 is 1.14 bits per heavy atom. The van der Waals surface area contributed by atoms with Crippen LogP contribution in [0.2, 0.25) is 0 Å². The zero-order valence-corrected chi connectivity index (χ0v) is 16.7. The van der Waals surface area contributed by atoms with Crippen molar-refractivity contribution in [2.24, 2.45) is 0 Å². The monoisotopic (exact) mass is 375 g/mol. The number of nitrogens with one attached hydrogen (secondary N) is 1. The summed E-state index contributed by atoms with van der Waals surface area (Å²) in [5.74, 6) is 3.07. The van der Waals surface area contributed by atoms with Crippen LogP contribution in [0.1, 0.15) is 68.2 Å². The average molecular weight is 375 g/mol. The summed E-state index contributed by atoms with van der Waals surface area (Å²) in [6, 6.07) is 10.3. The fraction of sp³-hybridized carbons (Fsp3) is 0.409. The maximum atomic E-state index is 10.5. The molecule has 1 unspecified atom stereocenters. The van der Waals surface area contributed by atoms with Gasteiger partial charge in [0.1, 0.15) is 0 Å². The van der Waals surface area contributed by atoms with Crippen LogP contribution in [0.15, 0.2) is 30.3 Å². The van der Waals surface area contributed by atoms with Crippen LogP contribution in [-0.4, -0.2) is 24.9 Å². The Kier molecular flexibility index (Phi) is 3.65. The van der Waals surface area contributed by atoms with Crippen LogP contribution in [0.25, 0.3) is 17.2 Å². The molecule has 0 amide bonds. The maximum absolute atomic E-state index is 10.5. The van der Waals surface area contributed by atoms with Gasteiger partial charge in [0.2, 0.25) is 0 Å². The van der Waals surface area contributed by atoms with Crippen molar-refractivity contribution < 1.29 is 5.11 Å². The molecule has 1 aliphatic heterocycles. The summed E-state index contributed by atoms with van der Waals surface area (Å²) in [6.45, 7) is 7.74. The van der Waals surface area contributed by atoms with E-state index in [1.54, 1.807) is 13.8 Å². The molecule has 2 aliphatic rings. The lowest BCUT2D eigenvalue weighted by Gasteiger charge is -2.26. The summed E-state index contributed by atoms with van der Waals surface area (Å²) in [5, 5.41) is 23.0. The van der Waals surface area contributed by atoms with E-state index in [4.69, 9.17) is 4.98 Å². The van der Waals surface area contributed by atoms with E-state index in [2.05, 4.69) is 46.1 Å². The smallest absolute Gasteiger partial charge is 0.170 e. The molecule has 3 heterocycles. The fourth-order valence-corrected chi connectivity index (χ4v) is 3.85. The number of benzene rings is 1. The van der Waals surface area contributed by atoms with Gasteiger partial charge in [0.25, 0.3) is 0 Å². The predicted molar refractivity (Wildman–Crippen MR) is 109 cm³/mol. The van der Waals surface area contributed by atoms with Crippen molar-refractivity contribution in [3.8, 4) is 17.2 Å². The Morgan fingerprint density at radius 2 is 1.93 bits per heavy atom. The Bertz CT molecular complexity index is 1080. The molecule has 1 aliphatic carbocycles. The van der Waals surface area contributed by atoms with Crippen molar-refractivity contribution in [2.45, 2.75) is 58.1 Å². The molecule has 0 radical (unpaired) electrons. The van der Waals surface area contributed by atoms with E-state index < -0.39 is 5.60 Å². The molecule has 2 N–H and O–H groups in total. The van der Waals surface area contributed by atoms with Gasteiger partial charge >= 0.3 is 0 Å². The molecule has 6 heteroatoms. The first-order chi connectivity index (χ1) is 13.3. The molecule has 5 rings (SSSR count). The molecule has 3 aromatic rings.